The van der Waals surface area contributed by atoms with Gasteiger partial charge in [-0.3, -0.25) is 4.79 Å². The highest BCUT2D eigenvalue weighted by molar-refractivity contribution is 5.95. The lowest BCUT2D eigenvalue weighted by atomic mass is 9.92. The number of likely N-dealkylation sites (tertiary alicyclic amines) is 1. The molecule has 1 amide bonds. The Bertz CT molecular complexity index is 572. The molecule has 2 unspecified atom stereocenters. The van der Waals surface area contributed by atoms with Crippen LogP contribution in [0.5, 0.6) is 11.5 Å². The standard InChI is InChI=1S/C20H32N2O3/c1-14(2)9-11-25-18-8-7-16(12-19(18)24-4)20(23)22-10-5-6-17(13-22)15(3)21/h7-8,12,14-15,17H,5-6,9-11,13,21H2,1-4H3. The molecular formula is C20H32N2O3. The van der Waals surface area contributed by atoms with Crippen LogP contribution in [-0.2, 0) is 0 Å². The molecule has 2 rings (SSSR count). The van der Waals surface area contributed by atoms with Crippen LogP contribution in [0.2, 0.25) is 0 Å². The molecule has 0 saturated carbocycles. The third kappa shape index (κ3) is 5.36. The molecule has 5 nitrogen and oxygen atoms in total. The molecule has 1 aromatic rings. The number of ether oxygens (including phenoxy) is 2. The first-order valence-corrected chi connectivity index (χ1v) is 9.28. The van der Waals surface area contributed by atoms with Crippen LogP contribution in [-0.4, -0.2) is 43.7 Å². The fourth-order valence-electron chi connectivity index (χ4n) is 3.13. The second-order valence-electron chi connectivity index (χ2n) is 7.41. The molecule has 140 valence electrons. The van der Waals surface area contributed by atoms with Gasteiger partial charge in [0.25, 0.3) is 5.91 Å². The van der Waals surface area contributed by atoms with Gasteiger partial charge in [0.1, 0.15) is 0 Å². The van der Waals surface area contributed by atoms with Gasteiger partial charge in [0.05, 0.1) is 13.7 Å². The summed E-state index contributed by atoms with van der Waals surface area (Å²) in [6, 6.07) is 5.55. The summed E-state index contributed by atoms with van der Waals surface area (Å²) in [4.78, 5) is 14.7. The number of carbonyl (C=O) groups excluding carboxylic acids is 1. The van der Waals surface area contributed by atoms with Gasteiger partial charge in [-0.05, 0) is 56.2 Å². The molecule has 2 N–H and O–H groups in total. The van der Waals surface area contributed by atoms with Crippen LogP contribution in [0.15, 0.2) is 18.2 Å². The lowest BCUT2D eigenvalue weighted by Crippen LogP contribution is -2.45. The predicted octanol–water partition coefficient (Wildman–Crippen LogP) is 3.32. The minimum absolute atomic E-state index is 0.0392. The first-order chi connectivity index (χ1) is 11.9. The van der Waals surface area contributed by atoms with E-state index in [1.165, 1.54) is 0 Å². The number of amides is 1. The second kappa shape index (κ2) is 9.09. The molecule has 0 aliphatic carbocycles. The fraction of sp³-hybridized carbons (Fsp3) is 0.650. The maximum absolute atomic E-state index is 12.8. The van der Waals surface area contributed by atoms with Crippen molar-refractivity contribution in [3.05, 3.63) is 23.8 Å². The molecule has 0 radical (unpaired) electrons. The van der Waals surface area contributed by atoms with E-state index < -0.39 is 0 Å². The lowest BCUT2D eigenvalue weighted by molar-refractivity contribution is 0.0660. The monoisotopic (exact) mass is 348 g/mol. The quantitative estimate of drug-likeness (QED) is 0.821. The molecule has 1 heterocycles. The Kier molecular flexibility index (Phi) is 7.12. The van der Waals surface area contributed by atoms with Crippen molar-refractivity contribution in [3.8, 4) is 11.5 Å². The van der Waals surface area contributed by atoms with Crippen LogP contribution in [0, 0.1) is 11.8 Å². The van der Waals surface area contributed by atoms with Crippen molar-refractivity contribution in [1.82, 2.24) is 4.90 Å². The number of rotatable bonds is 7. The molecule has 1 fully saturated rings. The van der Waals surface area contributed by atoms with E-state index >= 15 is 0 Å². The normalized spacial score (nSPS) is 19.0. The molecule has 1 saturated heterocycles. The Hall–Kier alpha value is -1.75. The molecule has 0 aromatic heterocycles. The highest BCUT2D eigenvalue weighted by atomic mass is 16.5. The van der Waals surface area contributed by atoms with E-state index in [0.717, 1.165) is 32.4 Å². The van der Waals surface area contributed by atoms with Crippen LogP contribution in [0.4, 0.5) is 0 Å². The number of hydrogen-bond donors (Lipinski definition) is 1. The van der Waals surface area contributed by atoms with Crippen LogP contribution in [0.3, 0.4) is 0 Å². The molecular weight excluding hydrogens is 316 g/mol. The lowest BCUT2D eigenvalue weighted by Gasteiger charge is -2.34. The second-order valence-corrected chi connectivity index (χ2v) is 7.41. The van der Waals surface area contributed by atoms with Crippen molar-refractivity contribution < 1.29 is 14.3 Å². The minimum Gasteiger partial charge on any atom is -0.493 e. The average Bonchev–Trinajstić information content (AvgIpc) is 2.61. The van der Waals surface area contributed by atoms with Gasteiger partial charge >= 0.3 is 0 Å². The van der Waals surface area contributed by atoms with Gasteiger partial charge in [-0.2, -0.15) is 0 Å². The zero-order valence-corrected chi connectivity index (χ0v) is 16.0. The van der Waals surface area contributed by atoms with Gasteiger partial charge in [0.15, 0.2) is 11.5 Å². The summed E-state index contributed by atoms with van der Waals surface area (Å²) >= 11 is 0. The molecule has 0 bridgehead atoms. The first kappa shape index (κ1) is 19.6. The Morgan fingerprint density at radius 2 is 2.08 bits per heavy atom. The SMILES string of the molecule is COc1cc(C(=O)N2CCCC(C(C)N)C2)ccc1OCCC(C)C. The molecule has 1 aliphatic heterocycles. The van der Waals surface area contributed by atoms with Crippen molar-refractivity contribution in [3.63, 3.8) is 0 Å². The summed E-state index contributed by atoms with van der Waals surface area (Å²) in [5, 5.41) is 0. The third-order valence-corrected chi connectivity index (χ3v) is 4.85. The van der Waals surface area contributed by atoms with Gasteiger partial charge in [0, 0.05) is 24.7 Å². The van der Waals surface area contributed by atoms with Crippen molar-refractivity contribution >= 4 is 5.91 Å². The number of piperidine rings is 1. The zero-order valence-electron chi connectivity index (χ0n) is 16.0. The highest BCUT2D eigenvalue weighted by Gasteiger charge is 2.27. The smallest absolute Gasteiger partial charge is 0.254 e. The number of methoxy groups -OCH3 is 1. The topological polar surface area (TPSA) is 64.8 Å². The fourth-order valence-corrected chi connectivity index (χ4v) is 3.13. The van der Waals surface area contributed by atoms with E-state index in [4.69, 9.17) is 15.2 Å². The van der Waals surface area contributed by atoms with Crippen LogP contribution in [0.25, 0.3) is 0 Å². The predicted molar refractivity (Wildman–Crippen MR) is 100 cm³/mol. The molecule has 1 aliphatic rings. The Balaban J connectivity index is 2.07. The summed E-state index contributed by atoms with van der Waals surface area (Å²) < 4.78 is 11.2. The Morgan fingerprint density at radius 3 is 2.72 bits per heavy atom. The van der Waals surface area contributed by atoms with Crippen LogP contribution in [0.1, 0.15) is 50.4 Å². The van der Waals surface area contributed by atoms with E-state index in [2.05, 4.69) is 13.8 Å². The van der Waals surface area contributed by atoms with E-state index in [9.17, 15) is 4.79 Å². The van der Waals surface area contributed by atoms with Crippen molar-refractivity contribution in [2.75, 3.05) is 26.8 Å². The number of nitrogens with zero attached hydrogens (tertiary/aromatic N) is 1. The van der Waals surface area contributed by atoms with E-state index in [0.29, 0.717) is 35.5 Å². The largest absolute Gasteiger partial charge is 0.493 e. The summed E-state index contributed by atoms with van der Waals surface area (Å²) in [5.41, 5.74) is 6.66. The zero-order chi connectivity index (χ0) is 18.4. The summed E-state index contributed by atoms with van der Waals surface area (Å²) in [7, 11) is 1.60. The van der Waals surface area contributed by atoms with E-state index in [1.54, 1.807) is 13.2 Å². The number of hydrogen-bond acceptors (Lipinski definition) is 4. The van der Waals surface area contributed by atoms with E-state index in [1.807, 2.05) is 24.0 Å². The summed E-state index contributed by atoms with van der Waals surface area (Å²) in [6.07, 6.45) is 3.08. The average molecular weight is 348 g/mol. The molecule has 0 spiro atoms. The Morgan fingerprint density at radius 1 is 1.32 bits per heavy atom. The number of nitrogens with two attached hydrogens (primary N) is 1. The minimum atomic E-state index is 0.0392. The number of carbonyl (C=O) groups is 1. The third-order valence-electron chi connectivity index (χ3n) is 4.85. The van der Waals surface area contributed by atoms with Crippen molar-refractivity contribution in [1.29, 1.82) is 0 Å². The molecule has 25 heavy (non-hydrogen) atoms. The van der Waals surface area contributed by atoms with Crippen molar-refractivity contribution in [2.45, 2.75) is 46.1 Å². The number of benzene rings is 1. The summed E-state index contributed by atoms with van der Waals surface area (Å²) in [5.74, 6) is 2.29. The van der Waals surface area contributed by atoms with Crippen LogP contribution >= 0.6 is 0 Å². The van der Waals surface area contributed by atoms with Gasteiger partial charge < -0.3 is 20.1 Å². The van der Waals surface area contributed by atoms with Crippen molar-refractivity contribution in [2.24, 2.45) is 17.6 Å². The van der Waals surface area contributed by atoms with Gasteiger partial charge in [0.2, 0.25) is 0 Å². The summed E-state index contributed by atoms with van der Waals surface area (Å²) in [6.45, 7) is 8.50. The molecule has 1 aromatic carbocycles. The maximum atomic E-state index is 12.8. The molecule has 5 heteroatoms. The van der Waals surface area contributed by atoms with Gasteiger partial charge in [-0.1, -0.05) is 13.8 Å². The Labute approximate surface area is 151 Å². The highest BCUT2D eigenvalue weighted by Crippen LogP contribution is 2.30. The maximum Gasteiger partial charge on any atom is 0.254 e. The van der Waals surface area contributed by atoms with Crippen LogP contribution < -0.4 is 15.2 Å². The van der Waals surface area contributed by atoms with E-state index in [-0.39, 0.29) is 11.9 Å². The van der Waals surface area contributed by atoms with Gasteiger partial charge in [-0.25, -0.2) is 0 Å². The molecule has 2 atom stereocenters. The van der Waals surface area contributed by atoms with Gasteiger partial charge in [-0.15, -0.1) is 0 Å². The first-order valence-electron chi connectivity index (χ1n) is 9.28.